The number of ether oxygens (including phenoxy) is 1. The molecule has 6 heteroatoms. The minimum Gasteiger partial charge on any atom is -0.466 e. The summed E-state index contributed by atoms with van der Waals surface area (Å²) in [5, 5.41) is 0.112. The Labute approximate surface area is 103 Å². The fourth-order valence-corrected chi connectivity index (χ4v) is 1.68. The molecule has 0 amide bonds. The largest absolute Gasteiger partial charge is 0.466 e. The zero-order chi connectivity index (χ0) is 13.0. The van der Waals surface area contributed by atoms with Crippen molar-refractivity contribution < 1.29 is 18.3 Å². The van der Waals surface area contributed by atoms with Gasteiger partial charge in [0.05, 0.1) is 13.0 Å². The number of alkyl halides is 2. The first-order valence-electron chi connectivity index (χ1n) is 5.05. The number of carbonyl (C=O) groups excluding carboxylic acids is 1. The van der Waals surface area contributed by atoms with E-state index in [4.69, 9.17) is 16.3 Å². The van der Waals surface area contributed by atoms with Crippen LogP contribution in [-0.4, -0.2) is 17.6 Å². The minimum atomic E-state index is -2.68. The number of aryl methyl sites for hydroxylation is 1. The van der Waals surface area contributed by atoms with Crippen LogP contribution < -0.4 is 0 Å². The Hall–Kier alpha value is -1.23. The van der Waals surface area contributed by atoms with Crippen LogP contribution in [0.4, 0.5) is 8.78 Å². The number of rotatable bonds is 4. The monoisotopic (exact) mass is 263 g/mol. The summed E-state index contributed by atoms with van der Waals surface area (Å²) in [6.07, 6.45) is -2.74. The van der Waals surface area contributed by atoms with Crippen molar-refractivity contribution in [3.8, 4) is 0 Å². The Balaban J connectivity index is 2.97. The number of nitrogens with zero attached hydrogens (tertiary/aromatic N) is 1. The van der Waals surface area contributed by atoms with Gasteiger partial charge in [-0.2, -0.15) is 0 Å². The van der Waals surface area contributed by atoms with E-state index < -0.39 is 12.4 Å². The average molecular weight is 264 g/mol. The molecular weight excluding hydrogens is 252 g/mol. The maximum Gasteiger partial charge on any atom is 0.310 e. The van der Waals surface area contributed by atoms with Gasteiger partial charge in [-0.15, -0.1) is 0 Å². The van der Waals surface area contributed by atoms with Crippen molar-refractivity contribution in [2.45, 2.75) is 26.7 Å². The van der Waals surface area contributed by atoms with Gasteiger partial charge in [-0.3, -0.25) is 9.78 Å². The van der Waals surface area contributed by atoms with Crippen LogP contribution in [0.5, 0.6) is 0 Å². The molecule has 0 unspecified atom stereocenters. The maximum absolute atomic E-state index is 12.4. The molecule has 0 spiro atoms. The number of carbonyl (C=O) groups is 1. The van der Waals surface area contributed by atoms with Crippen LogP contribution in [0.1, 0.15) is 30.3 Å². The quantitative estimate of drug-likeness (QED) is 0.784. The summed E-state index contributed by atoms with van der Waals surface area (Å²) in [5.74, 6) is -0.455. The van der Waals surface area contributed by atoms with Crippen LogP contribution in [0.15, 0.2) is 6.07 Å². The predicted octanol–water partition coefficient (Wildman–Crippen LogP) is 3.09. The van der Waals surface area contributed by atoms with Crippen LogP contribution >= 0.6 is 11.6 Å². The molecule has 1 aromatic rings. The van der Waals surface area contributed by atoms with Crippen molar-refractivity contribution in [1.29, 1.82) is 0 Å². The molecule has 0 fully saturated rings. The van der Waals surface area contributed by atoms with Crippen molar-refractivity contribution in [1.82, 2.24) is 4.98 Å². The molecule has 0 N–H and O–H groups in total. The van der Waals surface area contributed by atoms with Crippen molar-refractivity contribution in [3.63, 3.8) is 0 Å². The van der Waals surface area contributed by atoms with Crippen molar-refractivity contribution >= 4 is 17.6 Å². The van der Waals surface area contributed by atoms with Crippen LogP contribution in [-0.2, 0) is 16.0 Å². The van der Waals surface area contributed by atoms with Crippen LogP contribution in [0.3, 0.4) is 0 Å². The van der Waals surface area contributed by atoms with Gasteiger partial charge in [0.15, 0.2) is 0 Å². The van der Waals surface area contributed by atoms with Gasteiger partial charge in [0, 0.05) is 16.3 Å². The predicted molar refractivity (Wildman–Crippen MR) is 59.3 cm³/mol. The summed E-state index contributed by atoms with van der Waals surface area (Å²) in [5.41, 5.74) is 0.357. The summed E-state index contributed by atoms with van der Waals surface area (Å²) < 4.78 is 29.6. The highest BCUT2D eigenvalue weighted by Crippen LogP contribution is 2.25. The third-order valence-electron chi connectivity index (χ3n) is 2.15. The molecule has 1 aromatic heterocycles. The molecule has 0 bridgehead atoms. The van der Waals surface area contributed by atoms with Crippen LogP contribution in [0.2, 0.25) is 5.02 Å². The molecule has 1 heterocycles. The van der Waals surface area contributed by atoms with Crippen LogP contribution in [0.25, 0.3) is 0 Å². The molecule has 1 rings (SSSR count). The Morgan fingerprint density at radius 3 is 2.71 bits per heavy atom. The number of hydrogen-bond donors (Lipinski definition) is 0. The second-order valence-electron chi connectivity index (χ2n) is 3.38. The fourth-order valence-electron chi connectivity index (χ4n) is 1.36. The highest BCUT2D eigenvalue weighted by atomic mass is 35.5. The molecule has 0 aromatic carbocycles. The van der Waals surface area contributed by atoms with Crippen LogP contribution in [0, 0.1) is 6.92 Å². The second-order valence-corrected chi connectivity index (χ2v) is 3.78. The molecule has 0 saturated carbocycles. The molecule has 0 aliphatic heterocycles. The zero-order valence-electron chi connectivity index (χ0n) is 9.47. The van der Waals surface area contributed by atoms with E-state index in [-0.39, 0.29) is 23.7 Å². The van der Waals surface area contributed by atoms with Gasteiger partial charge in [-0.05, 0) is 19.9 Å². The van der Waals surface area contributed by atoms with E-state index >= 15 is 0 Å². The lowest BCUT2D eigenvalue weighted by atomic mass is 10.1. The lowest BCUT2D eigenvalue weighted by molar-refractivity contribution is -0.142. The number of pyridine rings is 1. The lowest BCUT2D eigenvalue weighted by Crippen LogP contribution is -2.10. The number of halogens is 3. The normalized spacial score (nSPS) is 10.7. The third kappa shape index (κ3) is 3.63. The van der Waals surface area contributed by atoms with Crippen molar-refractivity contribution in [3.05, 3.63) is 28.0 Å². The molecule has 0 saturated heterocycles. The number of esters is 1. The molecule has 17 heavy (non-hydrogen) atoms. The SMILES string of the molecule is CCOC(=O)Cc1c(Cl)cc(C(F)F)nc1C. The minimum absolute atomic E-state index is 0.0605. The fraction of sp³-hybridized carbons (Fsp3) is 0.455. The summed E-state index contributed by atoms with van der Waals surface area (Å²) in [6.45, 7) is 3.48. The smallest absolute Gasteiger partial charge is 0.310 e. The number of hydrogen-bond acceptors (Lipinski definition) is 3. The Kier molecular flexibility index (Phi) is 4.81. The van der Waals surface area contributed by atoms with E-state index in [0.717, 1.165) is 6.07 Å². The van der Waals surface area contributed by atoms with Gasteiger partial charge in [0.2, 0.25) is 0 Å². The topological polar surface area (TPSA) is 39.2 Å². The van der Waals surface area contributed by atoms with E-state index in [1.807, 2.05) is 0 Å². The van der Waals surface area contributed by atoms with E-state index in [9.17, 15) is 13.6 Å². The first-order valence-corrected chi connectivity index (χ1v) is 5.43. The van der Waals surface area contributed by atoms with Crippen molar-refractivity contribution in [2.75, 3.05) is 6.61 Å². The van der Waals surface area contributed by atoms with Gasteiger partial charge in [-0.25, -0.2) is 8.78 Å². The Bertz CT molecular complexity index is 401. The molecular formula is C11H12ClF2NO2. The zero-order valence-corrected chi connectivity index (χ0v) is 10.2. The average Bonchev–Trinajstić information content (AvgIpc) is 2.23. The van der Waals surface area contributed by atoms with Gasteiger partial charge >= 0.3 is 5.97 Å². The van der Waals surface area contributed by atoms with Gasteiger partial charge in [0.25, 0.3) is 6.43 Å². The highest BCUT2D eigenvalue weighted by molar-refractivity contribution is 6.31. The second kappa shape index (κ2) is 5.91. The van der Waals surface area contributed by atoms with E-state index in [1.54, 1.807) is 6.92 Å². The van der Waals surface area contributed by atoms with Gasteiger partial charge in [0.1, 0.15) is 5.69 Å². The van der Waals surface area contributed by atoms with E-state index in [2.05, 4.69) is 4.98 Å². The summed E-state index contributed by atoms with van der Waals surface area (Å²) in [4.78, 5) is 15.0. The highest BCUT2D eigenvalue weighted by Gasteiger charge is 2.16. The van der Waals surface area contributed by atoms with E-state index in [0.29, 0.717) is 11.3 Å². The van der Waals surface area contributed by atoms with Gasteiger partial charge in [-0.1, -0.05) is 11.6 Å². The number of aromatic nitrogens is 1. The first kappa shape index (κ1) is 13.8. The standard InChI is InChI=1S/C11H12ClF2NO2/c1-3-17-10(16)4-7-6(2)15-9(11(13)14)5-8(7)12/h5,11H,3-4H2,1-2H3. The molecule has 94 valence electrons. The summed E-state index contributed by atoms with van der Waals surface area (Å²) >= 11 is 5.84. The molecule has 0 aliphatic rings. The van der Waals surface area contributed by atoms with Gasteiger partial charge < -0.3 is 4.74 Å². The molecule has 3 nitrogen and oxygen atoms in total. The Morgan fingerprint density at radius 1 is 1.59 bits per heavy atom. The molecule has 0 aliphatic carbocycles. The van der Waals surface area contributed by atoms with Crippen molar-refractivity contribution in [2.24, 2.45) is 0 Å². The Morgan fingerprint density at radius 2 is 2.24 bits per heavy atom. The summed E-state index contributed by atoms with van der Waals surface area (Å²) in [7, 11) is 0. The van der Waals surface area contributed by atoms with E-state index in [1.165, 1.54) is 6.92 Å². The summed E-state index contributed by atoms with van der Waals surface area (Å²) in [6, 6.07) is 1.08. The first-order chi connectivity index (χ1) is 7.95. The molecule has 0 radical (unpaired) electrons. The lowest BCUT2D eigenvalue weighted by Gasteiger charge is -2.09. The molecule has 0 atom stereocenters. The maximum atomic E-state index is 12.4. The third-order valence-corrected chi connectivity index (χ3v) is 2.48.